The predicted octanol–water partition coefficient (Wildman–Crippen LogP) is 3.97. The molecule has 1 heterocycles. The number of benzene rings is 1. The van der Waals surface area contributed by atoms with Crippen molar-refractivity contribution in [1.29, 1.82) is 0 Å². The van der Waals surface area contributed by atoms with Gasteiger partial charge in [-0.25, -0.2) is 0 Å². The van der Waals surface area contributed by atoms with Crippen LogP contribution in [-0.4, -0.2) is 16.7 Å². The highest BCUT2D eigenvalue weighted by Gasteiger charge is 2.01. The van der Waals surface area contributed by atoms with Crippen molar-refractivity contribution in [3.63, 3.8) is 0 Å². The van der Waals surface area contributed by atoms with Gasteiger partial charge < -0.3 is 5.32 Å². The van der Waals surface area contributed by atoms with E-state index in [-0.39, 0.29) is 0 Å². The molecule has 0 bridgehead atoms. The Kier molecular flexibility index (Phi) is 5.60. The van der Waals surface area contributed by atoms with Gasteiger partial charge in [-0.05, 0) is 81.4 Å². The summed E-state index contributed by atoms with van der Waals surface area (Å²) in [5, 5.41) is 10.5. The summed E-state index contributed by atoms with van der Waals surface area (Å²) < 4.78 is 2.19. The zero-order chi connectivity index (χ0) is 13.7. The second kappa shape index (κ2) is 7.22. The fraction of sp³-hybridized carbons (Fsp3) is 0.357. The average Bonchev–Trinajstić information content (AvgIpc) is 2.79. The highest BCUT2D eigenvalue weighted by molar-refractivity contribution is 9.13. The Morgan fingerprint density at radius 1 is 1.26 bits per heavy atom. The standard InChI is InChI=1S/C14H17Br2N3/c1-10-12(9-18-19-10)3-2-6-17-8-11-4-5-13(15)14(16)7-11/h4-5,7,9,17H,2-3,6,8H2,1H3,(H,18,19). The van der Waals surface area contributed by atoms with Crippen molar-refractivity contribution in [3.8, 4) is 0 Å². The SMILES string of the molecule is Cc1[nH]ncc1CCCNCc1ccc(Br)c(Br)c1. The molecule has 1 aromatic carbocycles. The largest absolute Gasteiger partial charge is 0.313 e. The van der Waals surface area contributed by atoms with Crippen molar-refractivity contribution >= 4 is 31.9 Å². The van der Waals surface area contributed by atoms with Gasteiger partial charge in [0.2, 0.25) is 0 Å². The van der Waals surface area contributed by atoms with E-state index in [9.17, 15) is 0 Å². The average molecular weight is 387 g/mol. The van der Waals surface area contributed by atoms with Crippen molar-refractivity contribution in [1.82, 2.24) is 15.5 Å². The fourth-order valence-electron chi connectivity index (χ4n) is 1.91. The molecule has 0 aliphatic carbocycles. The lowest BCUT2D eigenvalue weighted by molar-refractivity contribution is 0.648. The monoisotopic (exact) mass is 385 g/mol. The van der Waals surface area contributed by atoms with Gasteiger partial charge in [-0.15, -0.1) is 0 Å². The van der Waals surface area contributed by atoms with E-state index in [4.69, 9.17) is 0 Å². The van der Waals surface area contributed by atoms with Gasteiger partial charge in [0.25, 0.3) is 0 Å². The van der Waals surface area contributed by atoms with Crippen LogP contribution in [0.1, 0.15) is 23.2 Å². The summed E-state index contributed by atoms with van der Waals surface area (Å²) in [6.45, 7) is 3.98. The van der Waals surface area contributed by atoms with Crippen molar-refractivity contribution in [2.45, 2.75) is 26.3 Å². The van der Waals surface area contributed by atoms with E-state index >= 15 is 0 Å². The number of hydrogen-bond acceptors (Lipinski definition) is 2. The highest BCUT2D eigenvalue weighted by Crippen LogP contribution is 2.23. The molecular formula is C14H17Br2N3. The Morgan fingerprint density at radius 2 is 2.11 bits per heavy atom. The minimum absolute atomic E-state index is 0.899. The van der Waals surface area contributed by atoms with E-state index in [2.05, 4.69) is 72.5 Å². The van der Waals surface area contributed by atoms with Crippen LogP contribution in [0.2, 0.25) is 0 Å². The van der Waals surface area contributed by atoms with Gasteiger partial charge in [0.15, 0.2) is 0 Å². The topological polar surface area (TPSA) is 40.7 Å². The number of H-pyrrole nitrogens is 1. The first-order valence-corrected chi connectivity index (χ1v) is 7.89. The molecule has 3 nitrogen and oxygen atoms in total. The van der Waals surface area contributed by atoms with Crippen LogP contribution in [0, 0.1) is 6.92 Å². The lowest BCUT2D eigenvalue weighted by Crippen LogP contribution is -2.15. The van der Waals surface area contributed by atoms with Gasteiger partial charge >= 0.3 is 0 Å². The number of halogens is 2. The number of aromatic amines is 1. The lowest BCUT2D eigenvalue weighted by Gasteiger charge is -2.06. The van der Waals surface area contributed by atoms with E-state index in [1.807, 2.05) is 6.20 Å². The Bertz CT molecular complexity index is 537. The molecule has 1 aromatic heterocycles. The Hall–Kier alpha value is -0.650. The Balaban J connectivity index is 1.69. The zero-order valence-corrected chi connectivity index (χ0v) is 14.0. The van der Waals surface area contributed by atoms with Gasteiger partial charge in [0.1, 0.15) is 0 Å². The summed E-state index contributed by atoms with van der Waals surface area (Å²) in [6.07, 6.45) is 4.11. The summed E-state index contributed by atoms with van der Waals surface area (Å²) >= 11 is 6.99. The fourth-order valence-corrected chi connectivity index (χ4v) is 2.59. The molecule has 2 rings (SSSR count). The second-order valence-electron chi connectivity index (χ2n) is 4.55. The molecular weight excluding hydrogens is 370 g/mol. The molecule has 2 N–H and O–H groups in total. The zero-order valence-electron chi connectivity index (χ0n) is 10.8. The molecule has 5 heteroatoms. The second-order valence-corrected chi connectivity index (χ2v) is 6.26. The first-order chi connectivity index (χ1) is 9.16. The highest BCUT2D eigenvalue weighted by atomic mass is 79.9. The maximum atomic E-state index is 4.03. The van der Waals surface area contributed by atoms with Crippen LogP contribution in [0.4, 0.5) is 0 Å². The molecule has 0 aliphatic heterocycles. The van der Waals surface area contributed by atoms with Gasteiger partial charge in [-0.1, -0.05) is 6.07 Å². The Morgan fingerprint density at radius 3 is 2.79 bits per heavy atom. The summed E-state index contributed by atoms with van der Waals surface area (Å²) in [5.41, 5.74) is 3.78. The minimum atomic E-state index is 0.899. The van der Waals surface area contributed by atoms with Crippen LogP contribution >= 0.6 is 31.9 Å². The smallest absolute Gasteiger partial charge is 0.0522 e. The van der Waals surface area contributed by atoms with Crippen LogP contribution in [0.25, 0.3) is 0 Å². The number of hydrogen-bond donors (Lipinski definition) is 2. The van der Waals surface area contributed by atoms with Crippen LogP contribution in [0.5, 0.6) is 0 Å². The van der Waals surface area contributed by atoms with Gasteiger partial charge in [0, 0.05) is 21.2 Å². The number of rotatable bonds is 6. The lowest BCUT2D eigenvalue weighted by atomic mass is 10.1. The summed E-state index contributed by atoms with van der Waals surface area (Å²) in [7, 11) is 0. The molecule has 2 aromatic rings. The number of aromatic nitrogens is 2. The van der Waals surface area contributed by atoms with Crippen LogP contribution in [0.3, 0.4) is 0 Å². The maximum absolute atomic E-state index is 4.03. The number of nitrogens with zero attached hydrogens (tertiary/aromatic N) is 1. The normalized spacial score (nSPS) is 10.9. The van der Waals surface area contributed by atoms with Crippen LogP contribution < -0.4 is 5.32 Å². The third-order valence-electron chi connectivity index (χ3n) is 3.05. The first kappa shape index (κ1) is 14.8. The van der Waals surface area contributed by atoms with Crippen molar-refractivity contribution in [2.24, 2.45) is 0 Å². The quantitative estimate of drug-likeness (QED) is 0.737. The van der Waals surface area contributed by atoms with E-state index in [0.717, 1.165) is 34.9 Å². The summed E-state index contributed by atoms with van der Waals surface area (Å²) in [6, 6.07) is 6.33. The molecule has 0 radical (unpaired) electrons. The van der Waals surface area contributed by atoms with E-state index in [1.54, 1.807) is 0 Å². The predicted molar refractivity (Wildman–Crippen MR) is 85.2 cm³/mol. The molecule has 19 heavy (non-hydrogen) atoms. The molecule has 0 amide bonds. The minimum Gasteiger partial charge on any atom is -0.313 e. The van der Waals surface area contributed by atoms with E-state index < -0.39 is 0 Å². The van der Waals surface area contributed by atoms with Crippen molar-refractivity contribution in [3.05, 3.63) is 50.2 Å². The van der Waals surface area contributed by atoms with Gasteiger partial charge in [0.05, 0.1) is 6.20 Å². The van der Waals surface area contributed by atoms with E-state index in [1.165, 1.54) is 16.8 Å². The van der Waals surface area contributed by atoms with E-state index in [0.29, 0.717) is 0 Å². The maximum Gasteiger partial charge on any atom is 0.0522 e. The number of aryl methyl sites for hydroxylation is 2. The molecule has 0 saturated carbocycles. The van der Waals surface area contributed by atoms with Crippen LogP contribution in [0.15, 0.2) is 33.3 Å². The number of nitrogens with one attached hydrogen (secondary N) is 2. The van der Waals surface area contributed by atoms with Crippen molar-refractivity contribution < 1.29 is 0 Å². The molecule has 0 spiro atoms. The molecule has 0 saturated heterocycles. The molecule has 0 fully saturated rings. The molecule has 0 atom stereocenters. The Labute approximate surface area is 130 Å². The molecule has 0 unspecified atom stereocenters. The third-order valence-corrected chi connectivity index (χ3v) is 4.93. The molecule has 0 aliphatic rings. The van der Waals surface area contributed by atoms with Gasteiger partial charge in [-0.2, -0.15) is 5.10 Å². The molecule has 102 valence electrons. The first-order valence-electron chi connectivity index (χ1n) is 6.30. The van der Waals surface area contributed by atoms with Gasteiger partial charge in [-0.3, -0.25) is 5.10 Å². The van der Waals surface area contributed by atoms with Crippen LogP contribution in [-0.2, 0) is 13.0 Å². The summed E-state index contributed by atoms with van der Waals surface area (Å²) in [4.78, 5) is 0. The van der Waals surface area contributed by atoms with Crippen molar-refractivity contribution in [2.75, 3.05) is 6.54 Å². The third kappa shape index (κ3) is 4.44. The summed E-state index contributed by atoms with van der Waals surface area (Å²) in [5.74, 6) is 0.